The van der Waals surface area contributed by atoms with E-state index in [1.54, 1.807) is 0 Å². The van der Waals surface area contributed by atoms with Crippen molar-refractivity contribution in [1.29, 1.82) is 0 Å². The molecule has 2 N–H and O–H groups in total. The molecule has 1 aromatic carbocycles. The average Bonchev–Trinajstić information content (AvgIpc) is 2.89. The highest BCUT2D eigenvalue weighted by molar-refractivity contribution is 5.54. The van der Waals surface area contributed by atoms with Crippen LogP contribution in [0, 0.1) is 0 Å². The summed E-state index contributed by atoms with van der Waals surface area (Å²) in [6.07, 6.45) is 0. The number of hydrogen-bond acceptors (Lipinski definition) is 3. The standard InChI is InChI=1S/C12H14N4/c1-13-12-10-7-14-8-11(10)15-16(12)9-5-3-2-4-6-9/h2-6,13-14H,7-8H2,1H3. The van der Waals surface area contributed by atoms with Crippen LogP contribution in [0.4, 0.5) is 5.82 Å². The first-order chi connectivity index (χ1) is 7.90. The van der Waals surface area contributed by atoms with E-state index < -0.39 is 0 Å². The zero-order valence-electron chi connectivity index (χ0n) is 9.20. The van der Waals surface area contributed by atoms with Gasteiger partial charge in [0.2, 0.25) is 0 Å². The molecular formula is C12H14N4. The van der Waals surface area contributed by atoms with Gasteiger partial charge in [0.1, 0.15) is 5.82 Å². The van der Waals surface area contributed by atoms with Crippen LogP contribution in [0.1, 0.15) is 11.3 Å². The predicted octanol–water partition coefficient (Wildman–Crippen LogP) is 1.52. The number of benzene rings is 1. The maximum absolute atomic E-state index is 4.62. The van der Waals surface area contributed by atoms with Gasteiger partial charge >= 0.3 is 0 Å². The van der Waals surface area contributed by atoms with Gasteiger partial charge in [-0.3, -0.25) is 0 Å². The molecule has 4 nitrogen and oxygen atoms in total. The van der Waals surface area contributed by atoms with E-state index in [1.165, 1.54) is 5.56 Å². The van der Waals surface area contributed by atoms with Gasteiger partial charge < -0.3 is 10.6 Å². The molecule has 0 spiro atoms. The number of nitrogens with one attached hydrogen (secondary N) is 2. The van der Waals surface area contributed by atoms with Gasteiger partial charge in [-0.05, 0) is 12.1 Å². The summed E-state index contributed by atoms with van der Waals surface area (Å²) < 4.78 is 1.98. The summed E-state index contributed by atoms with van der Waals surface area (Å²) in [6, 6.07) is 10.2. The molecule has 16 heavy (non-hydrogen) atoms. The fraction of sp³-hybridized carbons (Fsp3) is 0.250. The summed E-state index contributed by atoms with van der Waals surface area (Å²) in [6.45, 7) is 1.77. The molecule has 82 valence electrons. The number of fused-ring (bicyclic) bond motifs is 1. The molecule has 2 aromatic rings. The zero-order chi connectivity index (χ0) is 11.0. The van der Waals surface area contributed by atoms with Crippen molar-refractivity contribution in [2.75, 3.05) is 12.4 Å². The Morgan fingerprint density at radius 3 is 2.81 bits per heavy atom. The number of aromatic nitrogens is 2. The Morgan fingerprint density at radius 1 is 1.25 bits per heavy atom. The van der Waals surface area contributed by atoms with Crippen molar-refractivity contribution in [2.45, 2.75) is 13.1 Å². The van der Waals surface area contributed by atoms with Crippen molar-refractivity contribution in [3.05, 3.63) is 41.6 Å². The van der Waals surface area contributed by atoms with E-state index in [4.69, 9.17) is 0 Å². The molecule has 1 aliphatic rings. The molecule has 0 unspecified atom stereocenters. The fourth-order valence-corrected chi connectivity index (χ4v) is 2.14. The van der Waals surface area contributed by atoms with Crippen molar-refractivity contribution in [1.82, 2.24) is 15.1 Å². The van der Waals surface area contributed by atoms with Crippen molar-refractivity contribution < 1.29 is 0 Å². The third-order valence-corrected chi connectivity index (χ3v) is 2.90. The maximum atomic E-state index is 4.62. The van der Waals surface area contributed by atoms with E-state index >= 15 is 0 Å². The van der Waals surface area contributed by atoms with Gasteiger partial charge in [0.15, 0.2) is 0 Å². The molecular weight excluding hydrogens is 200 g/mol. The normalized spacial score (nSPS) is 13.8. The third kappa shape index (κ3) is 1.31. The second-order valence-electron chi connectivity index (χ2n) is 3.87. The summed E-state index contributed by atoms with van der Waals surface area (Å²) in [4.78, 5) is 0. The first-order valence-corrected chi connectivity index (χ1v) is 5.45. The Balaban J connectivity index is 2.15. The van der Waals surface area contributed by atoms with E-state index in [2.05, 4.69) is 27.9 Å². The lowest BCUT2D eigenvalue weighted by atomic mass is 10.2. The average molecular weight is 214 g/mol. The van der Waals surface area contributed by atoms with Crippen LogP contribution < -0.4 is 10.6 Å². The first-order valence-electron chi connectivity index (χ1n) is 5.45. The van der Waals surface area contributed by atoms with Crippen molar-refractivity contribution in [3.8, 4) is 5.69 Å². The number of rotatable bonds is 2. The van der Waals surface area contributed by atoms with E-state index in [0.717, 1.165) is 30.3 Å². The zero-order valence-corrected chi connectivity index (χ0v) is 9.20. The highest BCUT2D eigenvalue weighted by Crippen LogP contribution is 2.26. The van der Waals surface area contributed by atoms with Crippen molar-refractivity contribution >= 4 is 5.82 Å². The molecule has 4 heteroatoms. The highest BCUT2D eigenvalue weighted by atomic mass is 15.3. The van der Waals surface area contributed by atoms with Gasteiger partial charge in [-0.1, -0.05) is 18.2 Å². The quantitative estimate of drug-likeness (QED) is 0.796. The predicted molar refractivity (Wildman–Crippen MR) is 63.7 cm³/mol. The molecule has 0 saturated carbocycles. The van der Waals surface area contributed by atoms with E-state index in [1.807, 2.05) is 29.9 Å². The molecule has 0 bridgehead atoms. The Kier molecular flexibility index (Phi) is 2.15. The number of hydrogen-bond donors (Lipinski definition) is 2. The van der Waals surface area contributed by atoms with Gasteiger partial charge in [-0.2, -0.15) is 5.10 Å². The molecule has 1 aliphatic heterocycles. The molecule has 1 aromatic heterocycles. The minimum atomic E-state index is 0.865. The molecule has 0 saturated heterocycles. The lowest BCUT2D eigenvalue weighted by Crippen LogP contribution is -2.09. The van der Waals surface area contributed by atoms with E-state index in [9.17, 15) is 0 Å². The lowest BCUT2D eigenvalue weighted by molar-refractivity contribution is 0.723. The van der Waals surface area contributed by atoms with Crippen molar-refractivity contribution in [3.63, 3.8) is 0 Å². The molecule has 0 aliphatic carbocycles. The van der Waals surface area contributed by atoms with E-state index in [0.29, 0.717) is 0 Å². The Hall–Kier alpha value is -1.81. The summed E-state index contributed by atoms with van der Waals surface area (Å²) in [5, 5.41) is 11.2. The van der Waals surface area contributed by atoms with Crippen LogP contribution in [0.3, 0.4) is 0 Å². The summed E-state index contributed by atoms with van der Waals surface area (Å²) >= 11 is 0. The molecule has 0 fully saturated rings. The van der Waals surface area contributed by atoms with Crippen LogP contribution in [0.2, 0.25) is 0 Å². The van der Waals surface area contributed by atoms with Crippen LogP contribution in [-0.4, -0.2) is 16.8 Å². The van der Waals surface area contributed by atoms with Gasteiger partial charge in [-0.25, -0.2) is 4.68 Å². The van der Waals surface area contributed by atoms with Crippen LogP contribution in [0.5, 0.6) is 0 Å². The van der Waals surface area contributed by atoms with Crippen LogP contribution in [-0.2, 0) is 13.1 Å². The SMILES string of the molecule is CNc1c2c(nn1-c1ccccc1)CNC2. The lowest BCUT2D eigenvalue weighted by Gasteiger charge is -2.08. The van der Waals surface area contributed by atoms with Gasteiger partial charge in [0.05, 0.1) is 11.4 Å². The summed E-state index contributed by atoms with van der Waals surface area (Å²) in [7, 11) is 1.94. The second kappa shape index (κ2) is 3.64. The monoisotopic (exact) mass is 214 g/mol. The Bertz CT molecular complexity index is 501. The second-order valence-corrected chi connectivity index (χ2v) is 3.87. The largest absolute Gasteiger partial charge is 0.373 e. The molecule has 3 rings (SSSR count). The van der Waals surface area contributed by atoms with Gasteiger partial charge in [-0.15, -0.1) is 0 Å². The van der Waals surface area contributed by atoms with Crippen LogP contribution >= 0.6 is 0 Å². The molecule has 0 amide bonds. The molecule has 2 heterocycles. The molecule has 0 atom stereocenters. The van der Waals surface area contributed by atoms with Crippen LogP contribution in [0.25, 0.3) is 5.69 Å². The minimum absolute atomic E-state index is 0.865. The first kappa shape index (κ1) is 9.42. The topological polar surface area (TPSA) is 41.9 Å². The van der Waals surface area contributed by atoms with Crippen LogP contribution in [0.15, 0.2) is 30.3 Å². The van der Waals surface area contributed by atoms with Gasteiger partial charge in [0.25, 0.3) is 0 Å². The fourth-order valence-electron chi connectivity index (χ4n) is 2.14. The smallest absolute Gasteiger partial charge is 0.134 e. The summed E-state index contributed by atoms with van der Waals surface area (Å²) in [5.74, 6) is 1.09. The van der Waals surface area contributed by atoms with E-state index in [-0.39, 0.29) is 0 Å². The third-order valence-electron chi connectivity index (χ3n) is 2.90. The maximum Gasteiger partial charge on any atom is 0.134 e. The Labute approximate surface area is 94.3 Å². The van der Waals surface area contributed by atoms with Gasteiger partial charge in [0, 0.05) is 25.7 Å². The number of para-hydroxylation sites is 1. The molecule has 0 radical (unpaired) electrons. The number of anilines is 1. The minimum Gasteiger partial charge on any atom is -0.373 e. The Morgan fingerprint density at radius 2 is 2.06 bits per heavy atom. The number of nitrogens with zero attached hydrogens (tertiary/aromatic N) is 2. The highest BCUT2D eigenvalue weighted by Gasteiger charge is 2.21. The summed E-state index contributed by atoms with van der Waals surface area (Å²) in [5.41, 5.74) is 3.53. The van der Waals surface area contributed by atoms with Crippen molar-refractivity contribution in [2.24, 2.45) is 0 Å².